The highest BCUT2D eigenvalue weighted by molar-refractivity contribution is 6.33. The number of nitrogens with zero attached hydrogens (tertiary/aromatic N) is 2. The number of rotatable bonds is 6. The molecule has 1 heterocycles. The Hall–Kier alpha value is -2.37. The first-order chi connectivity index (χ1) is 13.1. The number of hydrogen-bond donors (Lipinski definition) is 2. The Balaban J connectivity index is 1.44. The molecule has 7 heteroatoms. The van der Waals surface area contributed by atoms with Crippen LogP contribution in [-0.4, -0.2) is 29.0 Å². The van der Waals surface area contributed by atoms with Crippen LogP contribution in [0, 0.1) is 0 Å². The molecule has 0 aliphatic heterocycles. The first-order valence-corrected chi connectivity index (χ1v) is 9.61. The van der Waals surface area contributed by atoms with E-state index in [0.717, 1.165) is 35.4 Å². The minimum atomic E-state index is -0.194. The van der Waals surface area contributed by atoms with Crippen molar-refractivity contribution in [3.05, 3.63) is 63.9 Å². The Morgan fingerprint density at radius 2 is 1.89 bits per heavy atom. The summed E-state index contributed by atoms with van der Waals surface area (Å²) in [6.45, 7) is 0.983. The highest BCUT2D eigenvalue weighted by Crippen LogP contribution is 2.39. The van der Waals surface area contributed by atoms with E-state index in [-0.39, 0.29) is 5.91 Å². The van der Waals surface area contributed by atoms with Crippen LogP contribution in [0.3, 0.4) is 0 Å². The van der Waals surface area contributed by atoms with Crippen LogP contribution in [-0.2, 0) is 0 Å². The van der Waals surface area contributed by atoms with Crippen molar-refractivity contribution < 1.29 is 4.79 Å². The quantitative estimate of drug-likeness (QED) is 0.590. The number of fused-ring (bicyclic) bond motifs is 1. The summed E-state index contributed by atoms with van der Waals surface area (Å²) in [6, 6.07) is 12.6. The summed E-state index contributed by atoms with van der Waals surface area (Å²) >= 11 is 12.2. The van der Waals surface area contributed by atoms with Gasteiger partial charge in [-0.3, -0.25) is 4.79 Å². The van der Waals surface area contributed by atoms with Crippen LogP contribution in [0.2, 0.25) is 10.0 Å². The number of hydrogen-bond acceptors (Lipinski definition) is 4. The van der Waals surface area contributed by atoms with Crippen LogP contribution in [0.25, 0.3) is 10.9 Å². The molecule has 0 saturated heterocycles. The van der Waals surface area contributed by atoms with E-state index < -0.39 is 0 Å². The fourth-order valence-corrected chi connectivity index (χ4v) is 3.26. The summed E-state index contributed by atoms with van der Waals surface area (Å²) in [5.41, 5.74) is 1.30. The number of halogens is 2. The molecule has 1 amide bonds. The first-order valence-electron chi connectivity index (χ1n) is 8.85. The van der Waals surface area contributed by atoms with Gasteiger partial charge in [-0.15, -0.1) is 0 Å². The van der Waals surface area contributed by atoms with Crippen molar-refractivity contribution in [2.45, 2.75) is 18.8 Å². The minimum absolute atomic E-state index is 0.194. The molecular formula is C20H18Cl2N4O. The molecule has 1 saturated carbocycles. The number of nitrogens with one attached hydrogen (secondary N) is 2. The molecule has 0 atom stereocenters. The summed E-state index contributed by atoms with van der Waals surface area (Å²) in [7, 11) is 0. The molecule has 0 radical (unpaired) electrons. The molecule has 5 nitrogen and oxygen atoms in total. The van der Waals surface area contributed by atoms with E-state index in [1.807, 2.05) is 18.2 Å². The average molecular weight is 401 g/mol. The van der Waals surface area contributed by atoms with Crippen LogP contribution in [0.15, 0.2) is 42.5 Å². The molecule has 0 spiro atoms. The van der Waals surface area contributed by atoms with Gasteiger partial charge < -0.3 is 10.6 Å². The van der Waals surface area contributed by atoms with Crippen molar-refractivity contribution in [2.75, 3.05) is 18.4 Å². The predicted octanol–water partition coefficient (Wildman–Crippen LogP) is 4.66. The molecule has 3 aromatic rings. The molecule has 4 rings (SSSR count). The summed E-state index contributed by atoms with van der Waals surface area (Å²) in [6.07, 6.45) is 2.25. The molecule has 1 aliphatic rings. The van der Waals surface area contributed by atoms with Gasteiger partial charge in [-0.2, -0.15) is 0 Å². The molecular weight excluding hydrogens is 383 g/mol. The minimum Gasteiger partial charge on any atom is -0.368 e. The molecule has 138 valence electrons. The van der Waals surface area contributed by atoms with E-state index in [1.165, 1.54) is 0 Å². The van der Waals surface area contributed by atoms with Gasteiger partial charge >= 0.3 is 0 Å². The van der Waals surface area contributed by atoms with Crippen LogP contribution < -0.4 is 10.6 Å². The second-order valence-corrected chi connectivity index (χ2v) is 7.37. The molecule has 1 aliphatic carbocycles. The zero-order chi connectivity index (χ0) is 18.8. The van der Waals surface area contributed by atoms with Crippen LogP contribution >= 0.6 is 23.2 Å². The van der Waals surface area contributed by atoms with Gasteiger partial charge in [0.15, 0.2) is 0 Å². The van der Waals surface area contributed by atoms with Gasteiger partial charge in [0.2, 0.25) is 0 Å². The van der Waals surface area contributed by atoms with E-state index in [2.05, 4.69) is 20.6 Å². The van der Waals surface area contributed by atoms with Crippen molar-refractivity contribution in [3.63, 3.8) is 0 Å². The smallest absolute Gasteiger partial charge is 0.252 e. The van der Waals surface area contributed by atoms with E-state index in [4.69, 9.17) is 23.2 Å². The normalized spacial score (nSPS) is 13.6. The number of benzene rings is 2. The lowest BCUT2D eigenvalue weighted by atomic mass is 10.2. The Morgan fingerprint density at radius 1 is 1.07 bits per heavy atom. The van der Waals surface area contributed by atoms with E-state index in [9.17, 15) is 4.79 Å². The van der Waals surface area contributed by atoms with Gasteiger partial charge in [-0.1, -0.05) is 35.3 Å². The SMILES string of the molecule is O=C(NCCNc1nc(C2CC2)nc2cc(Cl)ccc12)c1ccccc1Cl. The second kappa shape index (κ2) is 7.71. The average Bonchev–Trinajstić information content (AvgIpc) is 3.50. The lowest BCUT2D eigenvalue weighted by Crippen LogP contribution is -2.29. The van der Waals surface area contributed by atoms with Crippen LogP contribution in [0.1, 0.15) is 34.9 Å². The lowest BCUT2D eigenvalue weighted by Gasteiger charge is -2.12. The maximum atomic E-state index is 12.2. The Morgan fingerprint density at radius 3 is 2.67 bits per heavy atom. The molecule has 2 aromatic carbocycles. The molecule has 0 bridgehead atoms. The lowest BCUT2D eigenvalue weighted by molar-refractivity contribution is 0.0955. The van der Waals surface area contributed by atoms with E-state index in [1.54, 1.807) is 24.3 Å². The van der Waals surface area contributed by atoms with Crippen molar-refractivity contribution in [1.82, 2.24) is 15.3 Å². The van der Waals surface area contributed by atoms with Crippen LogP contribution in [0.4, 0.5) is 5.82 Å². The Bertz CT molecular complexity index is 1000. The van der Waals surface area contributed by atoms with Gasteiger partial charge in [0.05, 0.1) is 16.1 Å². The monoisotopic (exact) mass is 400 g/mol. The summed E-state index contributed by atoms with van der Waals surface area (Å²) < 4.78 is 0. The zero-order valence-electron chi connectivity index (χ0n) is 14.5. The fraction of sp³-hybridized carbons (Fsp3) is 0.250. The highest BCUT2D eigenvalue weighted by atomic mass is 35.5. The van der Waals surface area contributed by atoms with E-state index in [0.29, 0.717) is 34.6 Å². The Kier molecular flexibility index (Phi) is 5.14. The third kappa shape index (κ3) is 4.15. The van der Waals surface area contributed by atoms with Crippen molar-refractivity contribution in [3.8, 4) is 0 Å². The maximum absolute atomic E-state index is 12.2. The van der Waals surface area contributed by atoms with Crippen molar-refractivity contribution in [1.29, 1.82) is 0 Å². The van der Waals surface area contributed by atoms with Gasteiger partial charge in [0.1, 0.15) is 11.6 Å². The van der Waals surface area contributed by atoms with Gasteiger partial charge in [0, 0.05) is 29.4 Å². The molecule has 0 unspecified atom stereocenters. The maximum Gasteiger partial charge on any atom is 0.252 e. The molecule has 1 aromatic heterocycles. The topological polar surface area (TPSA) is 66.9 Å². The van der Waals surface area contributed by atoms with Crippen LogP contribution in [0.5, 0.6) is 0 Å². The summed E-state index contributed by atoms with van der Waals surface area (Å²) in [5.74, 6) is 1.87. The van der Waals surface area contributed by atoms with E-state index >= 15 is 0 Å². The molecule has 2 N–H and O–H groups in total. The third-order valence-electron chi connectivity index (χ3n) is 4.44. The largest absolute Gasteiger partial charge is 0.368 e. The second-order valence-electron chi connectivity index (χ2n) is 6.53. The molecule has 27 heavy (non-hydrogen) atoms. The third-order valence-corrected chi connectivity index (χ3v) is 5.00. The number of carbonyl (C=O) groups is 1. The fourth-order valence-electron chi connectivity index (χ4n) is 2.88. The van der Waals surface area contributed by atoms with Crippen molar-refractivity contribution >= 4 is 45.8 Å². The van der Waals surface area contributed by atoms with Gasteiger partial charge in [0.25, 0.3) is 5.91 Å². The summed E-state index contributed by atoms with van der Waals surface area (Å²) in [5, 5.41) is 8.19. The summed E-state index contributed by atoms with van der Waals surface area (Å²) in [4.78, 5) is 21.5. The van der Waals surface area contributed by atoms with Crippen molar-refractivity contribution in [2.24, 2.45) is 0 Å². The number of aromatic nitrogens is 2. The van der Waals surface area contributed by atoms with Gasteiger partial charge in [-0.25, -0.2) is 9.97 Å². The number of anilines is 1. The van der Waals surface area contributed by atoms with Gasteiger partial charge in [-0.05, 0) is 43.2 Å². The zero-order valence-corrected chi connectivity index (χ0v) is 16.0. The Labute approximate surface area is 167 Å². The first kappa shape index (κ1) is 18.0. The highest BCUT2D eigenvalue weighted by Gasteiger charge is 2.27. The number of carbonyl (C=O) groups excluding carboxylic acids is 1. The number of amides is 1. The standard InChI is InChI=1S/C20H18Cl2N4O/c21-13-7-8-15-17(11-13)25-18(12-5-6-12)26-19(15)23-9-10-24-20(27)14-3-1-2-4-16(14)22/h1-4,7-8,11-12H,5-6,9-10H2,(H,24,27)(H,23,25,26). The molecule has 1 fully saturated rings. The predicted molar refractivity (Wildman–Crippen MR) is 109 cm³/mol.